The van der Waals surface area contributed by atoms with Crippen LogP contribution in [0, 0.1) is 6.92 Å². The van der Waals surface area contributed by atoms with Crippen LogP contribution in [0.4, 0.5) is 5.69 Å². The number of nitrogens with zero attached hydrogens (tertiary/aromatic N) is 1. The molecule has 0 radical (unpaired) electrons. The molecule has 2 aromatic rings. The van der Waals surface area contributed by atoms with Gasteiger partial charge in [0.15, 0.2) is 0 Å². The number of benzene rings is 2. The largest absolute Gasteiger partial charge is 0.508 e. The van der Waals surface area contributed by atoms with Crippen molar-refractivity contribution < 1.29 is 5.11 Å². The molecule has 0 atom stereocenters. The van der Waals surface area contributed by atoms with E-state index in [0.717, 1.165) is 0 Å². The number of rotatable bonds is 1. The zero-order valence-corrected chi connectivity index (χ0v) is 10.6. The van der Waals surface area contributed by atoms with Crippen molar-refractivity contribution in [2.45, 2.75) is 6.92 Å². The first-order valence-electron chi connectivity index (χ1n) is 5.58. The molecule has 0 unspecified atom stereocenters. The van der Waals surface area contributed by atoms with Crippen LogP contribution in [0.5, 0.6) is 5.75 Å². The van der Waals surface area contributed by atoms with E-state index in [-0.39, 0.29) is 0 Å². The third kappa shape index (κ3) is 4.60. The SMILES string of the molecule is Cc1ccccc1N(C)C.Oc1ccccc1. The molecule has 2 nitrogen and oxygen atoms in total. The first-order valence-corrected chi connectivity index (χ1v) is 5.58. The second kappa shape index (κ2) is 6.59. The molecule has 2 heteroatoms. The highest BCUT2D eigenvalue weighted by Gasteiger charge is 1.95. The third-order valence-electron chi connectivity index (χ3n) is 2.35. The highest BCUT2D eigenvalue weighted by atomic mass is 16.3. The van der Waals surface area contributed by atoms with Gasteiger partial charge in [0.05, 0.1) is 0 Å². The molecule has 0 aliphatic rings. The summed E-state index contributed by atoms with van der Waals surface area (Å²) in [7, 11) is 4.12. The molecule has 0 aromatic heterocycles. The maximum absolute atomic E-state index is 8.63. The van der Waals surface area contributed by atoms with Gasteiger partial charge in [-0.3, -0.25) is 0 Å². The molecule has 0 heterocycles. The van der Waals surface area contributed by atoms with E-state index >= 15 is 0 Å². The van der Waals surface area contributed by atoms with Crippen molar-refractivity contribution >= 4 is 5.69 Å². The Bertz CT molecular complexity index is 438. The Morgan fingerprint density at radius 2 is 1.35 bits per heavy atom. The molecule has 0 spiro atoms. The fraction of sp³-hybridized carbons (Fsp3) is 0.200. The van der Waals surface area contributed by atoms with E-state index in [0.29, 0.717) is 5.75 Å². The van der Waals surface area contributed by atoms with Crippen molar-refractivity contribution in [3.05, 3.63) is 60.2 Å². The van der Waals surface area contributed by atoms with Gasteiger partial charge in [0.2, 0.25) is 0 Å². The fourth-order valence-corrected chi connectivity index (χ4v) is 1.49. The van der Waals surface area contributed by atoms with Crippen LogP contribution >= 0.6 is 0 Å². The summed E-state index contributed by atoms with van der Waals surface area (Å²) in [4.78, 5) is 2.12. The third-order valence-corrected chi connectivity index (χ3v) is 2.35. The summed E-state index contributed by atoms with van der Waals surface area (Å²) in [5.41, 5.74) is 2.62. The molecular formula is C15H19NO. The van der Waals surface area contributed by atoms with Crippen molar-refractivity contribution in [1.29, 1.82) is 0 Å². The van der Waals surface area contributed by atoms with E-state index in [1.165, 1.54) is 11.3 Å². The summed E-state index contributed by atoms with van der Waals surface area (Å²) in [6, 6.07) is 17.1. The molecular weight excluding hydrogens is 210 g/mol. The molecule has 2 rings (SSSR count). The Kier molecular flexibility index (Phi) is 5.08. The molecule has 0 amide bonds. The number of phenols is 1. The van der Waals surface area contributed by atoms with Crippen LogP contribution in [-0.4, -0.2) is 19.2 Å². The topological polar surface area (TPSA) is 23.5 Å². The van der Waals surface area contributed by atoms with Gasteiger partial charge in [-0.1, -0.05) is 36.4 Å². The van der Waals surface area contributed by atoms with E-state index in [4.69, 9.17) is 5.11 Å². The number of aromatic hydroxyl groups is 1. The minimum atomic E-state index is 0.322. The Balaban J connectivity index is 0.000000181. The summed E-state index contributed by atoms with van der Waals surface area (Å²) in [5.74, 6) is 0.322. The first kappa shape index (κ1) is 13.1. The van der Waals surface area contributed by atoms with E-state index < -0.39 is 0 Å². The van der Waals surface area contributed by atoms with Crippen LogP contribution in [-0.2, 0) is 0 Å². The normalized spacial score (nSPS) is 9.12. The van der Waals surface area contributed by atoms with Crippen molar-refractivity contribution in [1.82, 2.24) is 0 Å². The summed E-state index contributed by atoms with van der Waals surface area (Å²) < 4.78 is 0. The maximum Gasteiger partial charge on any atom is 0.115 e. The Morgan fingerprint density at radius 1 is 0.824 bits per heavy atom. The molecule has 0 aliphatic carbocycles. The second-order valence-electron chi connectivity index (χ2n) is 4.02. The predicted octanol–water partition coefficient (Wildman–Crippen LogP) is 3.45. The van der Waals surface area contributed by atoms with Crippen LogP contribution in [0.2, 0.25) is 0 Å². The molecule has 17 heavy (non-hydrogen) atoms. The van der Waals surface area contributed by atoms with Crippen molar-refractivity contribution in [2.75, 3.05) is 19.0 Å². The summed E-state index contributed by atoms with van der Waals surface area (Å²) in [6.07, 6.45) is 0. The van der Waals surface area contributed by atoms with E-state index in [1.54, 1.807) is 24.3 Å². The van der Waals surface area contributed by atoms with Gasteiger partial charge >= 0.3 is 0 Å². The van der Waals surface area contributed by atoms with E-state index in [1.807, 2.05) is 6.07 Å². The van der Waals surface area contributed by atoms with Gasteiger partial charge in [-0.15, -0.1) is 0 Å². The first-order chi connectivity index (χ1) is 8.11. The number of anilines is 1. The van der Waals surface area contributed by atoms with Gasteiger partial charge in [0.25, 0.3) is 0 Å². The van der Waals surface area contributed by atoms with Crippen molar-refractivity contribution in [3.63, 3.8) is 0 Å². The summed E-state index contributed by atoms with van der Waals surface area (Å²) in [5, 5.41) is 8.63. The van der Waals surface area contributed by atoms with Crippen LogP contribution in [0.15, 0.2) is 54.6 Å². The Hall–Kier alpha value is -1.96. The number of para-hydroxylation sites is 2. The lowest BCUT2D eigenvalue weighted by molar-refractivity contribution is 0.475. The highest BCUT2D eigenvalue weighted by molar-refractivity contribution is 5.51. The average Bonchev–Trinajstić information content (AvgIpc) is 2.31. The number of aryl methyl sites for hydroxylation is 1. The van der Waals surface area contributed by atoms with E-state index in [9.17, 15) is 0 Å². The van der Waals surface area contributed by atoms with Crippen molar-refractivity contribution in [2.24, 2.45) is 0 Å². The van der Waals surface area contributed by atoms with E-state index in [2.05, 4.69) is 50.2 Å². The highest BCUT2D eigenvalue weighted by Crippen LogP contribution is 2.15. The Labute approximate surface area is 103 Å². The van der Waals surface area contributed by atoms with Crippen LogP contribution in [0.1, 0.15) is 5.56 Å². The molecule has 90 valence electrons. The van der Waals surface area contributed by atoms with Gasteiger partial charge in [0.1, 0.15) is 5.75 Å². The number of phenolic OH excluding ortho intramolecular Hbond substituents is 1. The van der Waals surface area contributed by atoms with Crippen LogP contribution in [0.25, 0.3) is 0 Å². The smallest absolute Gasteiger partial charge is 0.115 e. The average molecular weight is 229 g/mol. The van der Waals surface area contributed by atoms with Crippen LogP contribution in [0.3, 0.4) is 0 Å². The van der Waals surface area contributed by atoms with Gasteiger partial charge < -0.3 is 10.0 Å². The zero-order valence-electron chi connectivity index (χ0n) is 10.6. The zero-order chi connectivity index (χ0) is 12.7. The summed E-state index contributed by atoms with van der Waals surface area (Å²) >= 11 is 0. The van der Waals surface area contributed by atoms with Gasteiger partial charge in [0, 0.05) is 19.8 Å². The predicted molar refractivity (Wildman–Crippen MR) is 73.6 cm³/mol. The van der Waals surface area contributed by atoms with Crippen molar-refractivity contribution in [3.8, 4) is 5.75 Å². The lowest BCUT2D eigenvalue weighted by Crippen LogP contribution is -2.09. The van der Waals surface area contributed by atoms with Gasteiger partial charge in [-0.05, 0) is 30.7 Å². The monoisotopic (exact) mass is 229 g/mol. The number of hydrogen-bond donors (Lipinski definition) is 1. The molecule has 0 saturated heterocycles. The standard InChI is InChI=1S/C9H13N.C6H6O/c1-8-6-4-5-7-9(8)10(2)3;7-6-4-2-1-3-5-6/h4-7H,1-3H3;1-5,7H. The molecule has 2 aromatic carbocycles. The quantitative estimate of drug-likeness (QED) is 0.809. The van der Waals surface area contributed by atoms with Crippen LogP contribution < -0.4 is 4.90 Å². The molecule has 1 N–H and O–H groups in total. The fourth-order valence-electron chi connectivity index (χ4n) is 1.49. The second-order valence-corrected chi connectivity index (χ2v) is 4.02. The molecule has 0 fully saturated rings. The number of hydrogen-bond acceptors (Lipinski definition) is 2. The summed E-state index contributed by atoms with van der Waals surface area (Å²) in [6.45, 7) is 2.12. The maximum atomic E-state index is 8.63. The van der Waals surface area contributed by atoms with Gasteiger partial charge in [-0.2, -0.15) is 0 Å². The Morgan fingerprint density at radius 3 is 1.71 bits per heavy atom. The minimum absolute atomic E-state index is 0.322. The lowest BCUT2D eigenvalue weighted by atomic mass is 10.2. The molecule has 0 saturated carbocycles. The molecule has 0 aliphatic heterocycles. The lowest BCUT2D eigenvalue weighted by Gasteiger charge is -2.14. The minimum Gasteiger partial charge on any atom is -0.508 e. The van der Waals surface area contributed by atoms with Gasteiger partial charge in [-0.25, -0.2) is 0 Å². The molecule has 0 bridgehead atoms.